The first-order valence-corrected chi connectivity index (χ1v) is 6.48. The summed E-state index contributed by atoms with van der Waals surface area (Å²) in [6.45, 7) is 2.82. The number of carbonyl (C=O) groups excluding carboxylic acids is 1. The van der Waals surface area contributed by atoms with Gasteiger partial charge in [-0.05, 0) is 30.0 Å². The minimum Gasteiger partial charge on any atom is -0.338 e. The molecule has 18 heavy (non-hydrogen) atoms. The zero-order chi connectivity index (χ0) is 12.5. The third kappa shape index (κ3) is 2.12. The minimum atomic E-state index is -0.257. The number of halogens is 1. The van der Waals surface area contributed by atoms with Gasteiger partial charge >= 0.3 is 0 Å². The molecule has 2 atom stereocenters. The van der Waals surface area contributed by atoms with Crippen LogP contribution in [0.1, 0.15) is 12.0 Å². The highest BCUT2D eigenvalue weighted by Crippen LogP contribution is 2.27. The number of carbonyl (C=O) groups is 1. The van der Waals surface area contributed by atoms with E-state index in [1.54, 1.807) is 12.1 Å². The topological polar surface area (TPSA) is 32.3 Å². The maximum Gasteiger partial charge on any atom is 0.227 e. The van der Waals surface area contributed by atoms with E-state index in [-0.39, 0.29) is 11.7 Å². The molecule has 2 aliphatic rings. The summed E-state index contributed by atoms with van der Waals surface area (Å²) < 4.78 is 12.8. The average molecular weight is 248 g/mol. The van der Waals surface area contributed by atoms with Gasteiger partial charge in [0.2, 0.25) is 5.91 Å². The van der Waals surface area contributed by atoms with Crippen LogP contribution in [-0.4, -0.2) is 36.5 Å². The van der Waals surface area contributed by atoms with E-state index in [2.05, 4.69) is 5.32 Å². The fraction of sp³-hybridized carbons (Fsp3) is 0.500. The van der Waals surface area contributed by atoms with Crippen molar-refractivity contribution in [3.05, 3.63) is 35.6 Å². The predicted molar refractivity (Wildman–Crippen MR) is 66.6 cm³/mol. The Morgan fingerprint density at radius 3 is 2.89 bits per heavy atom. The molecule has 0 spiro atoms. The van der Waals surface area contributed by atoms with E-state index in [1.165, 1.54) is 12.1 Å². The highest BCUT2D eigenvalue weighted by atomic mass is 19.1. The van der Waals surface area contributed by atoms with Gasteiger partial charge < -0.3 is 10.2 Å². The summed E-state index contributed by atoms with van der Waals surface area (Å²) in [4.78, 5) is 14.2. The van der Waals surface area contributed by atoms with E-state index < -0.39 is 0 Å². The molecule has 4 heteroatoms. The Kier molecular flexibility index (Phi) is 3.04. The monoisotopic (exact) mass is 248 g/mol. The molecule has 1 N–H and O–H groups in total. The number of likely N-dealkylation sites (tertiary alicyclic amines) is 1. The molecule has 0 saturated carbocycles. The van der Waals surface area contributed by atoms with Crippen LogP contribution in [0.4, 0.5) is 4.39 Å². The van der Waals surface area contributed by atoms with Gasteiger partial charge in [0.15, 0.2) is 0 Å². The fourth-order valence-corrected chi connectivity index (χ4v) is 3.04. The van der Waals surface area contributed by atoms with Gasteiger partial charge in [-0.15, -0.1) is 0 Å². The summed E-state index contributed by atoms with van der Waals surface area (Å²) in [5.74, 6) is 0.535. The molecule has 1 aromatic carbocycles. The summed E-state index contributed by atoms with van der Waals surface area (Å²) in [6, 6.07) is 6.57. The molecule has 2 saturated heterocycles. The molecule has 0 aliphatic carbocycles. The molecule has 2 aliphatic heterocycles. The Labute approximate surface area is 106 Å². The van der Waals surface area contributed by atoms with Crippen LogP contribution in [0.25, 0.3) is 0 Å². The second kappa shape index (κ2) is 4.69. The molecule has 1 amide bonds. The van der Waals surface area contributed by atoms with Gasteiger partial charge in [0.25, 0.3) is 0 Å². The Hall–Kier alpha value is -1.42. The molecular formula is C14H17FN2O. The fourth-order valence-electron chi connectivity index (χ4n) is 3.04. The third-order valence-corrected chi connectivity index (χ3v) is 4.03. The zero-order valence-electron chi connectivity index (χ0n) is 10.2. The maximum atomic E-state index is 12.8. The number of hydrogen-bond donors (Lipinski definition) is 1. The highest BCUT2D eigenvalue weighted by molar-refractivity contribution is 5.79. The predicted octanol–water partition coefficient (Wildman–Crippen LogP) is 1.19. The van der Waals surface area contributed by atoms with Crippen LogP contribution in [0.15, 0.2) is 24.3 Å². The van der Waals surface area contributed by atoms with E-state index >= 15 is 0 Å². The number of rotatable bonds is 2. The van der Waals surface area contributed by atoms with Crippen LogP contribution in [-0.2, 0) is 11.2 Å². The van der Waals surface area contributed by atoms with Gasteiger partial charge in [-0.2, -0.15) is 0 Å². The first-order chi connectivity index (χ1) is 8.74. The summed E-state index contributed by atoms with van der Waals surface area (Å²) in [7, 11) is 0. The van der Waals surface area contributed by atoms with Gasteiger partial charge in [0.1, 0.15) is 5.82 Å². The van der Waals surface area contributed by atoms with E-state index in [1.807, 2.05) is 4.90 Å². The van der Waals surface area contributed by atoms with Gasteiger partial charge in [-0.25, -0.2) is 4.39 Å². The lowest BCUT2D eigenvalue weighted by Crippen LogP contribution is -2.39. The first kappa shape index (κ1) is 11.7. The molecule has 1 aromatic rings. The van der Waals surface area contributed by atoms with Crippen molar-refractivity contribution < 1.29 is 9.18 Å². The molecule has 0 aromatic heterocycles. The number of benzene rings is 1. The van der Waals surface area contributed by atoms with Gasteiger partial charge in [-0.3, -0.25) is 4.79 Å². The van der Waals surface area contributed by atoms with Crippen molar-refractivity contribution in [2.75, 3.05) is 19.6 Å². The summed E-state index contributed by atoms with van der Waals surface area (Å²) in [6.07, 6.45) is 1.48. The SMILES string of the molecule is O=C(Cc1ccc(F)cc1)N1CC[C@H]2CNC[C@H]21. The molecule has 3 rings (SSSR count). The van der Waals surface area contributed by atoms with E-state index in [9.17, 15) is 9.18 Å². The number of hydrogen-bond acceptors (Lipinski definition) is 2. The van der Waals surface area contributed by atoms with Crippen LogP contribution in [0, 0.1) is 11.7 Å². The lowest BCUT2D eigenvalue weighted by atomic mass is 10.0. The van der Waals surface area contributed by atoms with E-state index in [0.29, 0.717) is 18.4 Å². The normalized spacial score (nSPS) is 26.4. The molecule has 0 radical (unpaired) electrons. The van der Waals surface area contributed by atoms with Crippen LogP contribution < -0.4 is 5.32 Å². The molecule has 0 bridgehead atoms. The Balaban J connectivity index is 1.66. The molecular weight excluding hydrogens is 231 g/mol. The molecule has 96 valence electrons. The summed E-state index contributed by atoms with van der Waals surface area (Å²) in [5, 5.41) is 3.34. The Bertz CT molecular complexity index is 446. The number of nitrogens with zero attached hydrogens (tertiary/aromatic N) is 1. The smallest absolute Gasteiger partial charge is 0.227 e. The van der Waals surface area contributed by atoms with Crippen molar-refractivity contribution in [2.45, 2.75) is 18.9 Å². The second-order valence-corrected chi connectivity index (χ2v) is 5.16. The lowest BCUT2D eigenvalue weighted by molar-refractivity contribution is -0.131. The van der Waals surface area contributed by atoms with Crippen molar-refractivity contribution in [3.63, 3.8) is 0 Å². The van der Waals surface area contributed by atoms with Crippen LogP contribution in [0.2, 0.25) is 0 Å². The molecule has 3 nitrogen and oxygen atoms in total. The van der Waals surface area contributed by atoms with Crippen molar-refractivity contribution in [3.8, 4) is 0 Å². The summed E-state index contributed by atoms with van der Waals surface area (Å²) in [5.41, 5.74) is 0.885. The van der Waals surface area contributed by atoms with E-state index in [0.717, 1.165) is 31.6 Å². The lowest BCUT2D eigenvalue weighted by Gasteiger charge is -2.23. The standard InChI is InChI=1S/C14H17FN2O/c15-12-3-1-10(2-4-12)7-14(18)17-6-5-11-8-16-9-13(11)17/h1-4,11,13,16H,5-9H2/t11-,13+/m0/s1. The van der Waals surface area contributed by atoms with Gasteiger partial charge in [-0.1, -0.05) is 12.1 Å². The van der Waals surface area contributed by atoms with Crippen molar-refractivity contribution in [2.24, 2.45) is 5.92 Å². The largest absolute Gasteiger partial charge is 0.338 e. The maximum absolute atomic E-state index is 12.8. The third-order valence-electron chi connectivity index (χ3n) is 4.03. The van der Waals surface area contributed by atoms with Gasteiger partial charge in [0.05, 0.1) is 6.42 Å². The van der Waals surface area contributed by atoms with Crippen LogP contribution >= 0.6 is 0 Å². The second-order valence-electron chi connectivity index (χ2n) is 5.16. The van der Waals surface area contributed by atoms with Crippen LogP contribution in [0.3, 0.4) is 0 Å². The minimum absolute atomic E-state index is 0.165. The number of nitrogens with one attached hydrogen (secondary N) is 1. The zero-order valence-corrected chi connectivity index (χ0v) is 10.2. The van der Waals surface area contributed by atoms with Crippen molar-refractivity contribution >= 4 is 5.91 Å². The first-order valence-electron chi connectivity index (χ1n) is 6.48. The number of fused-ring (bicyclic) bond motifs is 1. The van der Waals surface area contributed by atoms with Crippen molar-refractivity contribution in [1.29, 1.82) is 0 Å². The molecule has 2 heterocycles. The summed E-state index contributed by atoms with van der Waals surface area (Å²) >= 11 is 0. The highest BCUT2D eigenvalue weighted by Gasteiger charge is 2.39. The Morgan fingerprint density at radius 2 is 2.11 bits per heavy atom. The quantitative estimate of drug-likeness (QED) is 0.852. The molecule has 0 unspecified atom stereocenters. The van der Waals surface area contributed by atoms with Crippen molar-refractivity contribution in [1.82, 2.24) is 10.2 Å². The average Bonchev–Trinajstić information content (AvgIpc) is 2.93. The number of amides is 1. The van der Waals surface area contributed by atoms with Gasteiger partial charge in [0, 0.05) is 25.7 Å². The molecule has 2 fully saturated rings. The Morgan fingerprint density at radius 1 is 1.33 bits per heavy atom. The van der Waals surface area contributed by atoms with E-state index in [4.69, 9.17) is 0 Å². The van der Waals surface area contributed by atoms with Crippen LogP contribution in [0.5, 0.6) is 0 Å².